The van der Waals surface area contributed by atoms with Crippen LogP contribution in [-0.4, -0.2) is 43.2 Å². The topological polar surface area (TPSA) is 114 Å². The highest BCUT2D eigenvalue weighted by atomic mass is 16.5. The molecule has 1 amide bonds. The maximum atomic E-state index is 11.8. The Morgan fingerprint density at radius 2 is 2.00 bits per heavy atom. The highest BCUT2D eigenvalue weighted by molar-refractivity contribution is 5.94. The summed E-state index contributed by atoms with van der Waals surface area (Å²) in [6.07, 6.45) is -0.165. The van der Waals surface area contributed by atoms with Crippen LogP contribution in [0.1, 0.15) is 6.42 Å². The lowest BCUT2D eigenvalue weighted by atomic mass is 10.2. The zero-order valence-electron chi connectivity index (χ0n) is 11.3. The van der Waals surface area contributed by atoms with Crippen molar-refractivity contribution in [2.24, 2.45) is 5.73 Å². The Labute approximate surface area is 117 Å². The third-order valence-corrected chi connectivity index (χ3v) is 2.60. The van der Waals surface area contributed by atoms with Gasteiger partial charge in [-0.1, -0.05) is 0 Å². The van der Waals surface area contributed by atoms with E-state index in [2.05, 4.69) is 10.6 Å². The second-order valence-corrected chi connectivity index (χ2v) is 4.11. The van der Waals surface area contributed by atoms with Crippen LogP contribution in [-0.2, 0) is 9.59 Å². The number of carbonyl (C=O) groups excluding carboxylic acids is 1. The highest BCUT2D eigenvalue weighted by Gasteiger charge is 2.20. The van der Waals surface area contributed by atoms with Crippen molar-refractivity contribution in [1.29, 1.82) is 0 Å². The van der Waals surface area contributed by atoms with E-state index in [1.807, 2.05) is 0 Å². The SMILES string of the molecule is COc1ccc(NC(=O)C[C@H](NCCN)C(=O)O)cc1. The summed E-state index contributed by atoms with van der Waals surface area (Å²) >= 11 is 0. The number of methoxy groups -OCH3 is 1. The minimum absolute atomic E-state index is 0.165. The molecule has 0 heterocycles. The van der Waals surface area contributed by atoms with Gasteiger partial charge in [0.05, 0.1) is 13.5 Å². The molecule has 20 heavy (non-hydrogen) atoms. The van der Waals surface area contributed by atoms with E-state index in [4.69, 9.17) is 15.6 Å². The zero-order chi connectivity index (χ0) is 15.0. The number of nitrogens with two attached hydrogens (primary N) is 1. The summed E-state index contributed by atoms with van der Waals surface area (Å²) in [5, 5.41) is 14.3. The van der Waals surface area contributed by atoms with Gasteiger partial charge in [0.25, 0.3) is 0 Å². The van der Waals surface area contributed by atoms with Crippen molar-refractivity contribution >= 4 is 17.6 Å². The largest absolute Gasteiger partial charge is 0.497 e. The number of aliphatic carboxylic acids is 1. The molecule has 110 valence electrons. The predicted octanol–water partition coefficient (Wildman–Crippen LogP) is 0.0253. The fourth-order valence-electron chi connectivity index (χ4n) is 1.58. The number of carboxylic acids is 1. The monoisotopic (exact) mass is 281 g/mol. The molecule has 1 rings (SSSR count). The van der Waals surface area contributed by atoms with Gasteiger partial charge >= 0.3 is 5.97 Å². The minimum Gasteiger partial charge on any atom is -0.497 e. The summed E-state index contributed by atoms with van der Waals surface area (Å²) in [5.74, 6) is -0.786. The van der Waals surface area contributed by atoms with Crippen molar-refractivity contribution < 1.29 is 19.4 Å². The molecule has 0 saturated heterocycles. The van der Waals surface area contributed by atoms with E-state index in [0.717, 1.165) is 0 Å². The number of rotatable bonds is 8. The van der Waals surface area contributed by atoms with Gasteiger partial charge in [0.2, 0.25) is 5.91 Å². The molecule has 0 fully saturated rings. The van der Waals surface area contributed by atoms with Crippen LogP contribution in [0, 0.1) is 0 Å². The number of carbonyl (C=O) groups is 2. The van der Waals surface area contributed by atoms with Crippen LogP contribution in [0.2, 0.25) is 0 Å². The smallest absolute Gasteiger partial charge is 0.321 e. The van der Waals surface area contributed by atoms with Gasteiger partial charge in [-0.3, -0.25) is 9.59 Å². The quantitative estimate of drug-likeness (QED) is 0.534. The third-order valence-electron chi connectivity index (χ3n) is 2.60. The van der Waals surface area contributed by atoms with Gasteiger partial charge in [0.15, 0.2) is 0 Å². The molecule has 5 N–H and O–H groups in total. The number of anilines is 1. The average Bonchev–Trinajstić information content (AvgIpc) is 2.44. The van der Waals surface area contributed by atoms with Gasteiger partial charge in [-0.15, -0.1) is 0 Å². The van der Waals surface area contributed by atoms with Crippen LogP contribution in [0.5, 0.6) is 5.75 Å². The molecule has 0 bridgehead atoms. The van der Waals surface area contributed by atoms with Crippen molar-refractivity contribution in [3.63, 3.8) is 0 Å². The molecule has 7 heteroatoms. The molecule has 1 aromatic rings. The van der Waals surface area contributed by atoms with Crippen LogP contribution < -0.4 is 21.1 Å². The summed E-state index contributed by atoms with van der Waals surface area (Å²) in [5.41, 5.74) is 5.87. The summed E-state index contributed by atoms with van der Waals surface area (Å²) in [6.45, 7) is 0.649. The molecule has 7 nitrogen and oxygen atoms in total. The molecule has 1 aromatic carbocycles. The Balaban J connectivity index is 2.53. The normalized spacial score (nSPS) is 11.7. The third kappa shape index (κ3) is 5.25. The summed E-state index contributed by atoms with van der Waals surface area (Å²) in [4.78, 5) is 22.7. The Bertz CT molecular complexity index is 447. The first kappa shape index (κ1) is 15.9. The van der Waals surface area contributed by atoms with Crippen LogP contribution in [0.15, 0.2) is 24.3 Å². The number of amides is 1. The Morgan fingerprint density at radius 3 is 2.50 bits per heavy atom. The van der Waals surface area contributed by atoms with Crippen molar-refractivity contribution in [2.45, 2.75) is 12.5 Å². The molecule has 1 atom stereocenters. The number of benzene rings is 1. The molecular formula is C13H19N3O4. The van der Waals surface area contributed by atoms with Crippen molar-refractivity contribution in [3.05, 3.63) is 24.3 Å². The van der Waals surface area contributed by atoms with Crippen LogP contribution in [0.3, 0.4) is 0 Å². The fraction of sp³-hybridized carbons (Fsp3) is 0.385. The van der Waals surface area contributed by atoms with Crippen LogP contribution >= 0.6 is 0 Å². The Kier molecular flexibility index (Phi) is 6.48. The first-order valence-corrected chi connectivity index (χ1v) is 6.17. The number of hydrogen-bond donors (Lipinski definition) is 4. The Hall–Kier alpha value is -2.12. The molecule has 0 aromatic heterocycles. The maximum absolute atomic E-state index is 11.8. The van der Waals surface area contributed by atoms with E-state index < -0.39 is 12.0 Å². The van der Waals surface area contributed by atoms with Gasteiger partial charge in [0, 0.05) is 18.8 Å². The maximum Gasteiger partial charge on any atom is 0.321 e. The van der Waals surface area contributed by atoms with E-state index in [-0.39, 0.29) is 12.3 Å². The van der Waals surface area contributed by atoms with Crippen LogP contribution in [0.25, 0.3) is 0 Å². The molecule has 0 radical (unpaired) electrons. The van der Waals surface area contributed by atoms with Gasteiger partial charge in [-0.25, -0.2) is 0 Å². The molecule has 0 aliphatic rings. The molecule has 0 spiro atoms. The van der Waals surface area contributed by atoms with E-state index in [1.165, 1.54) is 0 Å². The van der Waals surface area contributed by atoms with Gasteiger partial charge < -0.3 is 26.2 Å². The first-order chi connectivity index (χ1) is 9.56. The van der Waals surface area contributed by atoms with E-state index in [9.17, 15) is 9.59 Å². The summed E-state index contributed by atoms with van der Waals surface area (Å²) < 4.78 is 5.00. The van der Waals surface area contributed by atoms with Gasteiger partial charge in [0.1, 0.15) is 11.8 Å². The molecule has 0 saturated carbocycles. The van der Waals surface area contributed by atoms with E-state index in [0.29, 0.717) is 24.5 Å². The number of carboxylic acid groups (broad SMARTS) is 1. The van der Waals surface area contributed by atoms with Crippen molar-refractivity contribution in [1.82, 2.24) is 5.32 Å². The zero-order valence-corrected chi connectivity index (χ0v) is 11.3. The molecule has 0 aliphatic carbocycles. The van der Waals surface area contributed by atoms with Crippen LogP contribution in [0.4, 0.5) is 5.69 Å². The fourth-order valence-corrected chi connectivity index (χ4v) is 1.58. The predicted molar refractivity (Wildman–Crippen MR) is 74.7 cm³/mol. The number of nitrogens with one attached hydrogen (secondary N) is 2. The molecule has 0 aliphatic heterocycles. The van der Waals surface area contributed by atoms with E-state index >= 15 is 0 Å². The number of ether oxygens (including phenoxy) is 1. The molecular weight excluding hydrogens is 262 g/mol. The lowest BCUT2D eigenvalue weighted by Crippen LogP contribution is -2.41. The second kappa shape index (κ2) is 8.13. The summed E-state index contributed by atoms with van der Waals surface area (Å²) in [7, 11) is 1.55. The molecule has 0 unspecified atom stereocenters. The summed E-state index contributed by atoms with van der Waals surface area (Å²) in [6, 6.07) is 5.82. The number of hydrogen-bond acceptors (Lipinski definition) is 5. The lowest BCUT2D eigenvalue weighted by molar-refractivity contribution is -0.141. The standard InChI is InChI=1S/C13H19N3O4/c1-20-10-4-2-9(3-5-10)16-12(17)8-11(13(18)19)15-7-6-14/h2-5,11,15H,6-8,14H2,1H3,(H,16,17)(H,18,19)/t11-/m0/s1. The Morgan fingerprint density at radius 1 is 1.35 bits per heavy atom. The van der Waals surface area contributed by atoms with Gasteiger partial charge in [-0.05, 0) is 24.3 Å². The highest BCUT2D eigenvalue weighted by Crippen LogP contribution is 2.15. The van der Waals surface area contributed by atoms with Crippen molar-refractivity contribution in [3.8, 4) is 5.75 Å². The average molecular weight is 281 g/mol. The first-order valence-electron chi connectivity index (χ1n) is 6.17. The second-order valence-electron chi connectivity index (χ2n) is 4.11. The minimum atomic E-state index is -1.08. The van der Waals surface area contributed by atoms with Crippen molar-refractivity contribution in [2.75, 3.05) is 25.5 Å². The van der Waals surface area contributed by atoms with Gasteiger partial charge in [-0.2, -0.15) is 0 Å². The lowest BCUT2D eigenvalue weighted by Gasteiger charge is -2.13. The van der Waals surface area contributed by atoms with E-state index in [1.54, 1.807) is 31.4 Å².